The van der Waals surface area contributed by atoms with E-state index in [2.05, 4.69) is 15.4 Å². The number of esters is 1. The molecule has 2 amide bonds. The number of carbonyl (C=O) groups is 3. The number of nitrogens with one attached hydrogen (secondary N) is 3. The van der Waals surface area contributed by atoms with Crippen LogP contribution >= 0.6 is 23.2 Å². The molecular formula is C17H22Cl2N3O4+. The van der Waals surface area contributed by atoms with Crippen LogP contribution in [0.1, 0.15) is 12.0 Å². The van der Waals surface area contributed by atoms with E-state index in [4.69, 9.17) is 23.2 Å². The summed E-state index contributed by atoms with van der Waals surface area (Å²) in [5.41, 5.74) is 0.893. The zero-order valence-electron chi connectivity index (χ0n) is 14.4. The predicted octanol–water partition coefficient (Wildman–Crippen LogP) is -0.401. The first-order chi connectivity index (χ1) is 12.4. The monoisotopic (exact) mass is 402 g/mol. The van der Waals surface area contributed by atoms with E-state index in [0.717, 1.165) is 10.5 Å². The number of halogens is 2. The van der Waals surface area contributed by atoms with Gasteiger partial charge in [-0.05, 0) is 24.1 Å². The van der Waals surface area contributed by atoms with Crippen molar-refractivity contribution >= 4 is 41.0 Å². The van der Waals surface area contributed by atoms with Gasteiger partial charge in [0.2, 0.25) is 0 Å². The second kappa shape index (κ2) is 9.75. The second-order valence-corrected chi connectivity index (χ2v) is 6.89. The number of quaternary nitrogens is 1. The van der Waals surface area contributed by atoms with Crippen LogP contribution in [0.4, 0.5) is 0 Å². The van der Waals surface area contributed by atoms with Gasteiger partial charge in [-0.3, -0.25) is 14.4 Å². The maximum Gasteiger partial charge on any atom is 0.312 e. The van der Waals surface area contributed by atoms with Gasteiger partial charge < -0.3 is 20.3 Å². The van der Waals surface area contributed by atoms with E-state index in [-0.39, 0.29) is 24.8 Å². The highest BCUT2D eigenvalue weighted by Crippen LogP contribution is 2.20. The molecule has 1 aliphatic heterocycles. The van der Waals surface area contributed by atoms with Gasteiger partial charge in [0.05, 0.1) is 20.2 Å². The van der Waals surface area contributed by atoms with Crippen molar-refractivity contribution in [1.82, 2.24) is 10.6 Å². The summed E-state index contributed by atoms with van der Waals surface area (Å²) >= 11 is 12.0. The number of carbonyl (C=O) groups excluding carboxylic acids is 3. The van der Waals surface area contributed by atoms with Crippen molar-refractivity contribution in [3.8, 4) is 0 Å². The minimum absolute atomic E-state index is 0.0503. The van der Waals surface area contributed by atoms with E-state index in [9.17, 15) is 14.4 Å². The van der Waals surface area contributed by atoms with E-state index >= 15 is 0 Å². The normalized spacial score (nSPS) is 19.6. The van der Waals surface area contributed by atoms with Gasteiger partial charge in [0, 0.05) is 16.6 Å². The molecule has 1 aromatic rings. The first kappa shape index (κ1) is 20.5. The quantitative estimate of drug-likeness (QED) is 0.541. The fraction of sp³-hybridized carbons (Fsp3) is 0.471. The van der Waals surface area contributed by atoms with Crippen molar-refractivity contribution in [3.05, 3.63) is 33.8 Å². The fourth-order valence-electron chi connectivity index (χ4n) is 2.86. The Kier molecular flexibility index (Phi) is 7.68. The summed E-state index contributed by atoms with van der Waals surface area (Å²) in [4.78, 5) is 36.5. The van der Waals surface area contributed by atoms with Crippen molar-refractivity contribution in [2.24, 2.45) is 0 Å². The maximum atomic E-state index is 12.2. The molecule has 0 saturated carbocycles. The van der Waals surface area contributed by atoms with Crippen molar-refractivity contribution in [3.63, 3.8) is 0 Å². The lowest BCUT2D eigenvalue weighted by Crippen LogP contribution is -3.20. The second-order valence-electron chi connectivity index (χ2n) is 6.04. The Labute approximate surface area is 162 Å². The number of rotatable bonds is 7. The summed E-state index contributed by atoms with van der Waals surface area (Å²) in [5.74, 6) is -0.894. The molecule has 0 bridgehead atoms. The smallest absolute Gasteiger partial charge is 0.312 e. The van der Waals surface area contributed by atoms with E-state index in [0.29, 0.717) is 36.1 Å². The van der Waals surface area contributed by atoms with Crippen LogP contribution in [0, 0.1) is 0 Å². The van der Waals surface area contributed by atoms with Gasteiger partial charge in [0.25, 0.3) is 11.8 Å². The molecule has 2 rings (SSSR count). The first-order valence-corrected chi connectivity index (χ1v) is 9.06. The third kappa shape index (κ3) is 5.86. The third-order valence-corrected chi connectivity index (χ3v) is 4.86. The lowest BCUT2D eigenvalue weighted by molar-refractivity contribution is -0.909. The number of hydrogen-bond acceptors (Lipinski definition) is 4. The molecule has 3 N–H and O–H groups in total. The van der Waals surface area contributed by atoms with Crippen LogP contribution in [-0.4, -0.2) is 57.1 Å². The van der Waals surface area contributed by atoms with E-state index in [1.807, 2.05) is 6.07 Å². The van der Waals surface area contributed by atoms with Gasteiger partial charge in [-0.2, -0.15) is 0 Å². The Morgan fingerprint density at radius 2 is 2.15 bits per heavy atom. The third-order valence-electron chi connectivity index (χ3n) is 4.27. The topological polar surface area (TPSA) is 88.9 Å². The summed E-state index contributed by atoms with van der Waals surface area (Å²) in [6, 6.07) is 4.61. The molecule has 1 aliphatic rings. The van der Waals surface area contributed by atoms with Gasteiger partial charge in [0.1, 0.15) is 6.42 Å². The number of benzene rings is 1. The van der Waals surface area contributed by atoms with Gasteiger partial charge in [-0.1, -0.05) is 29.3 Å². The van der Waals surface area contributed by atoms with Crippen LogP contribution < -0.4 is 15.5 Å². The van der Waals surface area contributed by atoms with Crippen LogP contribution in [0.15, 0.2) is 18.2 Å². The highest BCUT2D eigenvalue weighted by molar-refractivity contribution is 6.35. The number of hydrogen-bond donors (Lipinski definition) is 3. The van der Waals surface area contributed by atoms with Gasteiger partial charge in [0.15, 0.2) is 12.6 Å². The van der Waals surface area contributed by atoms with Crippen LogP contribution in [0.25, 0.3) is 0 Å². The minimum Gasteiger partial charge on any atom is -0.469 e. The summed E-state index contributed by atoms with van der Waals surface area (Å²) in [6.07, 6.45) is 0.522. The summed E-state index contributed by atoms with van der Waals surface area (Å²) in [6.45, 7) is 1.58. The van der Waals surface area contributed by atoms with Crippen LogP contribution in [0.2, 0.25) is 10.0 Å². The Morgan fingerprint density at radius 1 is 1.38 bits per heavy atom. The lowest BCUT2D eigenvalue weighted by Gasteiger charge is -2.30. The summed E-state index contributed by atoms with van der Waals surface area (Å²) < 4.78 is 4.63. The molecular weight excluding hydrogens is 381 g/mol. The van der Waals surface area contributed by atoms with Crippen molar-refractivity contribution < 1.29 is 24.0 Å². The Hall–Kier alpha value is -1.83. The number of piperazine rings is 1. The van der Waals surface area contributed by atoms with Crippen LogP contribution in [0.5, 0.6) is 0 Å². The van der Waals surface area contributed by atoms with Crippen molar-refractivity contribution in [2.45, 2.75) is 18.9 Å². The van der Waals surface area contributed by atoms with E-state index in [1.165, 1.54) is 7.11 Å². The molecule has 1 aromatic carbocycles. The number of ether oxygens (including phenoxy) is 1. The molecule has 0 aliphatic carbocycles. The molecule has 1 fully saturated rings. The zero-order valence-corrected chi connectivity index (χ0v) is 16.0. The standard InChI is InChI=1S/C17H21Cl2N3O4/c1-26-16(24)9-14-17(25)21-6-7-22(14)10-15(23)20-5-4-11-2-3-12(18)8-13(11)19/h2-3,8,14H,4-7,9-10H2,1H3,(H,20,23)(H,21,25)/p+1/t14-/m1/s1. The summed E-state index contributed by atoms with van der Waals surface area (Å²) in [7, 11) is 1.28. The van der Waals surface area contributed by atoms with Crippen molar-refractivity contribution in [1.29, 1.82) is 0 Å². The molecule has 1 unspecified atom stereocenters. The number of methoxy groups -OCH3 is 1. The molecule has 26 heavy (non-hydrogen) atoms. The molecule has 0 spiro atoms. The lowest BCUT2D eigenvalue weighted by atomic mass is 10.1. The minimum atomic E-state index is -0.618. The highest BCUT2D eigenvalue weighted by Gasteiger charge is 2.36. The Balaban J connectivity index is 1.84. The van der Waals surface area contributed by atoms with Crippen molar-refractivity contribution in [2.75, 3.05) is 33.3 Å². The SMILES string of the molecule is COC(=O)C[C@@H]1C(=O)NCC[NH+]1CC(=O)NCCc1ccc(Cl)cc1Cl. The van der Waals surface area contributed by atoms with E-state index < -0.39 is 12.0 Å². The molecule has 1 heterocycles. The highest BCUT2D eigenvalue weighted by atomic mass is 35.5. The molecule has 1 saturated heterocycles. The Morgan fingerprint density at radius 3 is 2.85 bits per heavy atom. The number of amides is 2. The molecule has 7 nitrogen and oxygen atoms in total. The van der Waals surface area contributed by atoms with Gasteiger partial charge in [-0.25, -0.2) is 0 Å². The average molecular weight is 403 g/mol. The predicted molar refractivity (Wildman–Crippen MR) is 97.3 cm³/mol. The average Bonchev–Trinajstić information content (AvgIpc) is 2.59. The molecule has 142 valence electrons. The van der Waals surface area contributed by atoms with E-state index in [1.54, 1.807) is 12.1 Å². The fourth-order valence-corrected chi connectivity index (χ4v) is 3.36. The van der Waals surface area contributed by atoms with Crippen LogP contribution in [-0.2, 0) is 25.5 Å². The van der Waals surface area contributed by atoms with Gasteiger partial charge in [-0.15, -0.1) is 0 Å². The molecule has 2 atom stereocenters. The Bertz CT molecular complexity index is 684. The van der Waals surface area contributed by atoms with Crippen LogP contribution in [0.3, 0.4) is 0 Å². The first-order valence-electron chi connectivity index (χ1n) is 8.30. The largest absolute Gasteiger partial charge is 0.469 e. The molecule has 0 aromatic heterocycles. The summed E-state index contributed by atoms with van der Waals surface area (Å²) in [5, 5.41) is 6.66. The molecule has 9 heteroatoms. The zero-order chi connectivity index (χ0) is 19.1. The molecule has 0 radical (unpaired) electrons. The van der Waals surface area contributed by atoms with Gasteiger partial charge >= 0.3 is 5.97 Å². The maximum absolute atomic E-state index is 12.2.